The van der Waals surface area contributed by atoms with Crippen molar-refractivity contribution in [2.45, 2.75) is 19.9 Å². The summed E-state index contributed by atoms with van der Waals surface area (Å²) in [6.45, 7) is 8.55. The number of imidazole rings is 1. The summed E-state index contributed by atoms with van der Waals surface area (Å²) in [6.07, 6.45) is 2.99. The molecule has 1 saturated heterocycles. The normalized spacial score (nSPS) is 16.2. The van der Waals surface area contributed by atoms with E-state index in [4.69, 9.17) is 9.72 Å². The van der Waals surface area contributed by atoms with Gasteiger partial charge in [0.2, 0.25) is 5.91 Å². The number of piperazine rings is 1. The van der Waals surface area contributed by atoms with E-state index in [2.05, 4.69) is 38.7 Å². The molecule has 26 heavy (non-hydrogen) atoms. The average molecular weight is 359 g/mol. The van der Waals surface area contributed by atoms with Gasteiger partial charge < -0.3 is 14.5 Å². The van der Waals surface area contributed by atoms with Crippen molar-refractivity contribution in [3.05, 3.63) is 35.8 Å². The predicted octanol–water partition coefficient (Wildman–Crippen LogP) is 0.913. The maximum absolute atomic E-state index is 12.0. The molecule has 2 aromatic rings. The van der Waals surface area contributed by atoms with Gasteiger partial charge in [-0.25, -0.2) is 4.98 Å². The third kappa shape index (κ3) is 5.03. The van der Waals surface area contributed by atoms with Crippen molar-refractivity contribution in [2.24, 2.45) is 0 Å². The summed E-state index contributed by atoms with van der Waals surface area (Å²) in [4.78, 5) is 21.3. The molecule has 0 saturated carbocycles. The molecule has 3 rings (SSSR count). The molecule has 1 amide bonds. The predicted molar refractivity (Wildman–Crippen MR) is 101 cm³/mol. The lowest BCUT2D eigenvalue weighted by molar-refractivity contribution is -0.122. The molecule has 7 heteroatoms. The lowest BCUT2D eigenvalue weighted by atomic mass is 10.3. The first kappa shape index (κ1) is 18.8. The summed E-state index contributed by atoms with van der Waals surface area (Å²) in [5.74, 6) is 0.102. The van der Waals surface area contributed by atoms with Gasteiger partial charge in [-0.1, -0.05) is 6.07 Å². The maximum Gasteiger partial charge on any atom is 0.234 e. The lowest BCUT2D eigenvalue weighted by Gasteiger charge is -2.33. The summed E-state index contributed by atoms with van der Waals surface area (Å²) in [5, 5.41) is 2.95. The summed E-state index contributed by atoms with van der Waals surface area (Å²) in [6, 6.07) is 6.18. The summed E-state index contributed by atoms with van der Waals surface area (Å²) in [7, 11) is 1.68. The molecule has 1 aliphatic heterocycles. The molecular formula is C19H29N5O2. The highest BCUT2D eigenvalue weighted by molar-refractivity contribution is 5.77. The highest BCUT2D eigenvalue weighted by atomic mass is 16.5. The molecule has 7 nitrogen and oxygen atoms in total. The minimum atomic E-state index is 0.102. The van der Waals surface area contributed by atoms with Crippen molar-refractivity contribution in [3.8, 4) is 0 Å². The van der Waals surface area contributed by atoms with Crippen LogP contribution in [0.15, 0.2) is 24.4 Å². The van der Waals surface area contributed by atoms with Gasteiger partial charge in [-0.15, -0.1) is 0 Å². The second-order valence-corrected chi connectivity index (χ2v) is 6.88. The van der Waals surface area contributed by atoms with E-state index in [0.717, 1.165) is 50.5 Å². The molecule has 1 fully saturated rings. The van der Waals surface area contributed by atoms with E-state index < -0.39 is 0 Å². The van der Waals surface area contributed by atoms with Gasteiger partial charge in [0.05, 0.1) is 12.2 Å². The van der Waals surface area contributed by atoms with E-state index >= 15 is 0 Å². The van der Waals surface area contributed by atoms with Crippen molar-refractivity contribution >= 4 is 11.6 Å². The molecule has 142 valence electrons. The number of carbonyl (C=O) groups is 1. The molecule has 3 heterocycles. The molecule has 0 atom stereocenters. The molecule has 0 spiro atoms. The minimum absolute atomic E-state index is 0.102. The van der Waals surface area contributed by atoms with E-state index in [1.165, 1.54) is 5.69 Å². The standard InChI is InChI=1S/C19H29N5O2/c1-16-5-3-6-18-21-17(14-24(16)18)13-22-8-10-23(11-9-22)15-19(25)20-7-4-12-26-2/h3,5-6,14H,4,7-13,15H2,1-2H3,(H,20,25). The van der Waals surface area contributed by atoms with Crippen LogP contribution in [0.4, 0.5) is 0 Å². The first-order valence-corrected chi connectivity index (χ1v) is 9.29. The number of amides is 1. The first-order valence-electron chi connectivity index (χ1n) is 9.29. The van der Waals surface area contributed by atoms with Gasteiger partial charge in [-0.2, -0.15) is 0 Å². The third-order valence-corrected chi connectivity index (χ3v) is 4.81. The fourth-order valence-electron chi connectivity index (χ4n) is 3.31. The van der Waals surface area contributed by atoms with E-state index in [9.17, 15) is 4.79 Å². The second kappa shape index (κ2) is 9.12. The number of nitrogens with one attached hydrogen (secondary N) is 1. The molecule has 0 unspecified atom stereocenters. The Hall–Kier alpha value is -1.96. The van der Waals surface area contributed by atoms with Crippen molar-refractivity contribution in [3.63, 3.8) is 0 Å². The Bertz CT molecular complexity index is 722. The van der Waals surface area contributed by atoms with E-state index in [1.54, 1.807) is 7.11 Å². The number of aromatic nitrogens is 2. The molecule has 0 radical (unpaired) electrons. The van der Waals surface area contributed by atoms with Crippen LogP contribution in [-0.4, -0.2) is 78.1 Å². The number of ether oxygens (including phenoxy) is 1. The Kier molecular flexibility index (Phi) is 6.60. The topological polar surface area (TPSA) is 62.1 Å². The van der Waals surface area contributed by atoms with Crippen LogP contribution < -0.4 is 5.32 Å². The third-order valence-electron chi connectivity index (χ3n) is 4.81. The van der Waals surface area contributed by atoms with Crippen molar-refractivity contribution in [2.75, 3.05) is 53.0 Å². The molecule has 0 bridgehead atoms. The van der Waals surface area contributed by atoms with Crippen LogP contribution in [0.1, 0.15) is 17.8 Å². The maximum atomic E-state index is 12.0. The lowest BCUT2D eigenvalue weighted by Crippen LogP contribution is -2.49. The number of hydrogen-bond donors (Lipinski definition) is 1. The van der Waals surface area contributed by atoms with Gasteiger partial charge in [0.25, 0.3) is 0 Å². The summed E-state index contributed by atoms with van der Waals surface area (Å²) < 4.78 is 7.12. The van der Waals surface area contributed by atoms with Crippen molar-refractivity contribution in [1.29, 1.82) is 0 Å². The van der Waals surface area contributed by atoms with Crippen LogP contribution in [0.5, 0.6) is 0 Å². The number of fused-ring (bicyclic) bond motifs is 1. The average Bonchev–Trinajstić information content (AvgIpc) is 3.04. The zero-order chi connectivity index (χ0) is 18.4. The molecule has 0 aromatic carbocycles. The SMILES string of the molecule is COCCCNC(=O)CN1CCN(Cc2cn3c(C)cccc3n2)CC1. The van der Waals surface area contributed by atoms with Crippen LogP contribution in [0.3, 0.4) is 0 Å². The summed E-state index contributed by atoms with van der Waals surface area (Å²) >= 11 is 0. The Morgan fingerprint density at radius 2 is 2.00 bits per heavy atom. The minimum Gasteiger partial charge on any atom is -0.385 e. The molecular weight excluding hydrogens is 330 g/mol. The quantitative estimate of drug-likeness (QED) is 0.710. The van der Waals surface area contributed by atoms with Crippen LogP contribution in [0, 0.1) is 6.92 Å². The summed E-state index contributed by atoms with van der Waals surface area (Å²) in [5.41, 5.74) is 3.30. The second-order valence-electron chi connectivity index (χ2n) is 6.88. The van der Waals surface area contributed by atoms with Gasteiger partial charge in [0, 0.05) is 64.9 Å². The largest absolute Gasteiger partial charge is 0.385 e. The zero-order valence-electron chi connectivity index (χ0n) is 15.8. The number of aryl methyl sites for hydroxylation is 1. The molecule has 2 aromatic heterocycles. The van der Waals surface area contributed by atoms with E-state index in [1.807, 2.05) is 12.1 Å². The fourth-order valence-corrected chi connectivity index (χ4v) is 3.31. The van der Waals surface area contributed by atoms with Crippen LogP contribution >= 0.6 is 0 Å². The highest BCUT2D eigenvalue weighted by Gasteiger charge is 2.19. The fraction of sp³-hybridized carbons (Fsp3) is 0.579. The van der Waals surface area contributed by atoms with Gasteiger partial charge in [0.15, 0.2) is 0 Å². The highest BCUT2D eigenvalue weighted by Crippen LogP contribution is 2.12. The van der Waals surface area contributed by atoms with Gasteiger partial charge in [-0.05, 0) is 25.5 Å². The number of hydrogen-bond acceptors (Lipinski definition) is 5. The number of rotatable bonds is 8. The van der Waals surface area contributed by atoms with Crippen LogP contribution in [-0.2, 0) is 16.1 Å². The Morgan fingerprint density at radius 3 is 2.73 bits per heavy atom. The Balaban J connectivity index is 1.42. The number of nitrogens with zero attached hydrogens (tertiary/aromatic N) is 4. The Labute approximate surface area is 154 Å². The van der Waals surface area contributed by atoms with Gasteiger partial charge >= 0.3 is 0 Å². The van der Waals surface area contributed by atoms with Crippen molar-refractivity contribution in [1.82, 2.24) is 24.5 Å². The smallest absolute Gasteiger partial charge is 0.234 e. The first-order chi connectivity index (χ1) is 12.7. The molecule has 1 N–H and O–H groups in total. The van der Waals surface area contributed by atoms with Crippen LogP contribution in [0.25, 0.3) is 5.65 Å². The van der Waals surface area contributed by atoms with Gasteiger partial charge in [0.1, 0.15) is 5.65 Å². The van der Waals surface area contributed by atoms with E-state index in [-0.39, 0.29) is 5.91 Å². The number of methoxy groups -OCH3 is 1. The monoisotopic (exact) mass is 359 g/mol. The van der Waals surface area contributed by atoms with E-state index in [0.29, 0.717) is 19.7 Å². The number of carbonyl (C=O) groups excluding carboxylic acids is 1. The Morgan fingerprint density at radius 1 is 1.23 bits per heavy atom. The van der Waals surface area contributed by atoms with Crippen LogP contribution in [0.2, 0.25) is 0 Å². The number of pyridine rings is 1. The van der Waals surface area contributed by atoms with Gasteiger partial charge in [-0.3, -0.25) is 14.6 Å². The zero-order valence-corrected chi connectivity index (χ0v) is 15.8. The molecule has 1 aliphatic rings. The van der Waals surface area contributed by atoms with Crippen molar-refractivity contribution < 1.29 is 9.53 Å². The molecule has 0 aliphatic carbocycles.